The molecule has 0 unspecified atom stereocenters. The van der Waals surface area contributed by atoms with E-state index >= 15 is 0 Å². The minimum Gasteiger partial charge on any atom is -0.208 e. The number of thiophene rings is 1. The summed E-state index contributed by atoms with van der Waals surface area (Å²) in [4.78, 5) is 15.3. The molecule has 0 atom stereocenters. The first-order chi connectivity index (χ1) is 27.8. The highest BCUT2D eigenvalue weighted by atomic mass is 32.1. The van der Waals surface area contributed by atoms with Crippen molar-refractivity contribution in [3.8, 4) is 67.5 Å². The highest BCUT2D eigenvalue weighted by Gasteiger charge is 2.51. The van der Waals surface area contributed by atoms with Gasteiger partial charge in [0.15, 0.2) is 17.5 Å². The van der Waals surface area contributed by atoms with Crippen molar-refractivity contribution in [3.63, 3.8) is 0 Å². The highest BCUT2D eigenvalue weighted by molar-refractivity contribution is 7.26. The molecule has 0 bridgehead atoms. The molecule has 1 spiro atoms. The summed E-state index contributed by atoms with van der Waals surface area (Å²) in [6, 6.07) is 67.9. The predicted octanol–water partition coefficient (Wildman–Crippen LogP) is 13.3. The molecule has 12 rings (SSSR count). The van der Waals surface area contributed by atoms with E-state index in [0.29, 0.717) is 17.5 Å². The van der Waals surface area contributed by atoms with E-state index in [4.69, 9.17) is 15.0 Å². The molecule has 0 amide bonds. The van der Waals surface area contributed by atoms with Crippen molar-refractivity contribution in [2.75, 3.05) is 0 Å². The molecule has 0 N–H and O–H groups in total. The quantitative estimate of drug-likeness (QED) is 0.181. The molecular weight excluding hydrogens is 699 g/mol. The average Bonchev–Trinajstić information content (AvgIpc) is 3.91. The molecule has 260 valence electrons. The van der Waals surface area contributed by atoms with E-state index < -0.39 is 0 Å². The molecule has 8 aromatic carbocycles. The van der Waals surface area contributed by atoms with Crippen molar-refractivity contribution in [1.82, 2.24) is 15.0 Å². The first kappa shape index (κ1) is 31.4. The van der Waals surface area contributed by atoms with E-state index in [2.05, 4.69) is 170 Å². The molecule has 0 saturated carbocycles. The van der Waals surface area contributed by atoms with Crippen LogP contribution in [-0.4, -0.2) is 15.0 Å². The molecule has 3 nitrogen and oxygen atoms in total. The Balaban J connectivity index is 0.977. The SMILES string of the molecule is c1ccc(-c2nc(-c3ccc(-c4ccc5c(c4)-c4ccccc4C54c5ccccc5-c5ccccc54)cc3)nc(-c3cccc4c3sc3ccccc34)n2)cc1. The smallest absolute Gasteiger partial charge is 0.165 e. The van der Waals surface area contributed by atoms with Gasteiger partial charge in [-0.15, -0.1) is 11.3 Å². The summed E-state index contributed by atoms with van der Waals surface area (Å²) in [5.74, 6) is 1.99. The van der Waals surface area contributed by atoms with Gasteiger partial charge in [-0.05, 0) is 73.8 Å². The Bertz CT molecular complexity index is 3150. The fourth-order valence-electron chi connectivity index (χ4n) is 9.36. The molecule has 0 aliphatic heterocycles. The Hall–Kier alpha value is -7.01. The zero-order chi connectivity index (χ0) is 36.8. The van der Waals surface area contributed by atoms with Gasteiger partial charge in [0.25, 0.3) is 0 Å². The Labute approximate surface area is 328 Å². The molecule has 2 aromatic heterocycles. The lowest BCUT2D eigenvalue weighted by Gasteiger charge is -2.30. The minimum absolute atomic E-state index is 0.339. The lowest BCUT2D eigenvalue weighted by molar-refractivity contribution is 0.794. The van der Waals surface area contributed by atoms with Gasteiger partial charge in [0.1, 0.15) is 0 Å². The van der Waals surface area contributed by atoms with Gasteiger partial charge < -0.3 is 0 Å². The van der Waals surface area contributed by atoms with Crippen molar-refractivity contribution >= 4 is 31.5 Å². The first-order valence-corrected chi connectivity index (χ1v) is 19.8. The van der Waals surface area contributed by atoms with Crippen molar-refractivity contribution in [2.24, 2.45) is 0 Å². The molecule has 2 aliphatic carbocycles. The molecule has 4 heteroatoms. The molecule has 0 radical (unpaired) electrons. The number of nitrogens with zero attached hydrogens (tertiary/aromatic N) is 3. The number of benzene rings is 8. The zero-order valence-electron chi connectivity index (χ0n) is 30.1. The number of rotatable bonds is 4. The van der Waals surface area contributed by atoms with Crippen LogP contribution in [-0.2, 0) is 5.41 Å². The fraction of sp³-hybridized carbons (Fsp3) is 0.0192. The average molecular weight is 730 g/mol. The van der Waals surface area contributed by atoms with E-state index in [1.165, 1.54) is 70.2 Å². The second-order valence-corrected chi connectivity index (χ2v) is 15.7. The Morgan fingerprint density at radius 1 is 0.321 bits per heavy atom. The lowest BCUT2D eigenvalue weighted by atomic mass is 9.70. The van der Waals surface area contributed by atoms with Crippen LogP contribution in [0.2, 0.25) is 0 Å². The molecule has 2 heterocycles. The first-order valence-electron chi connectivity index (χ1n) is 19.0. The second kappa shape index (κ2) is 12.0. The largest absolute Gasteiger partial charge is 0.208 e. The van der Waals surface area contributed by atoms with Gasteiger partial charge in [0.05, 0.1) is 5.41 Å². The van der Waals surface area contributed by atoms with Crippen LogP contribution in [0.5, 0.6) is 0 Å². The summed E-state index contributed by atoms with van der Waals surface area (Å²) in [5.41, 5.74) is 15.6. The van der Waals surface area contributed by atoms with Gasteiger partial charge in [0.2, 0.25) is 0 Å². The van der Waals surface area contributed by atoms with Gasteiger partial charge >= 0.3 is 0 Å². The van der Waals surface area contributed by atoms with Gasteiger partial charge in [-0.3, -0.25) is 0 Å². The maximum absolute atomic E-state index is 5.16. The highest BCUT2D eigenvalue weighted by Crippen LogP contribution is 2.63. The Kier molecular flexibility index (Phi) is 6.72. The maximum Gasteiger partial charge on any atom is 0.165 e. The van der Waals surface area contributed by atoms with E-state index in [1.807, 2.05) is 18.2 Å². The van der Waals surface area contributed by atoms with Gasteiger partial charge in [-0.1, -0.05) is 170 Å². The zero-order valence-corrected chi connectivity index (χ0v) is 31.0. The predicted molar refractivity (Wildman–Crippen MR) is 231 cm³/mol. The van der Waals surface area contributed by atoms with Gasteiger partial charge in [-0.25, -0.2) is 15.0 Å². The lowest BCUT2D eigenvalue weighted by Crippen LogP contribution is -2.25. The van der Waals surface area contributed by atoms with Crippen LogP contribution in [0.4, 0.5) is 0 Å². The fourth-order valence-corrected chi connectivity index (χ4v) is 10.6. The summed E-state index contributed by atoms with van der Waals surface area (Å²) in [5, 5.41) is 2.48. The third kappa shape index (κ3) is 4.42. The van der Waals surface area contributed by atoms with Crippen molar-refractivity contribution in [3.05, 3.63) is 210 Å². The van der Waals surface area contributed by atoms with Crippen LogP contribution >= 0.6 is 11.3 Å². The topological polar surface area (TPSA) is 38.7 Å². The number of hydrogen-bond donors (Lipinski definition) is 0. The van der Waals surface area contributed by atoms with Crippen LogP contribution in [0.1, 0.15) is 22.3 Å². The molecule has 2 aliphatic rings. The number of hydrogen-bond acceptors (Lipinski definition) is 4. The Morgan fingerprint density at radius 2 is 0.804 bits per heavy atom. The molecule has 10 aromatic rings. The van der Waals surface area contributed by atoms with Gasteiger partial charge in [-0.2, -0.15) is 0 Å². The van der Waals surface area contributed by atoms with Crippen LogP contribution in [0.15, 0.2) is 188 Å². The normalized spacial score (nSPS) is 13.1. The van der Waals surface area contributed by atoms with Crippen molar-refractivity contribution in [2.45, 2.75) is 5.41 Å². The summed E-state index contributed by atoms with van der Waals surface area (Å²) < 4.78 is 2.44. The second-order valence-electron chi connectivity index (χ2n) is 14.7. The van der Waals surface area contributed by atoms with E-state index in [1.54, 1.807) is 11.3 Å². The standard InChI is InChI=1S/C52H31N3S/c1-2-13-33(14-3-1)49-53-50(55-51(54-49)41-20-12-19-40-39-18-7-11-24-47(39)56-48(40)41)34-27-25-32(26-28-34)35-29-30-46-42(31-35)38-17-6-10-23-45(38)52(46)43-21-8-4-15-36(43)37-16-5-9-22-44(37)52/h1-31H. The van der Waals surface area contributed by atoms with E-state index in [9.17, 15) is 0 Å². The number of aromatic nitrogens is 3. The van der Waals surface area contributed by atoms with Crippen LogP contribution in [0.25, 0.3) is 87.7 Å². The third-order valence-electron chi connectivity index (χ3n) is 11.8. The summed E-state index contributed by atoms with van der Waals surface area (Å²) in [7, 11) is 0. The minimum atomic E-state index is -0.339. The molecule has 56 heavy (non-hydrogen) atoms. The van der Waals surface area contributed by atoms with Crippen LogP contribution < -0.4 is 0 Å². The maximum atomic E-state index is 5.16. The van der Waals surface area contributed by atoms with E-state index in [-0.39, 0.29) is 5.41 Å². The molecule has 0 saturated heterocycles. The van der Waals surface area contributed by atoms with Crippen LogP contribution in [0, 0.1) is 0 Å². The van der Waals surface area contributed by atoms with Gasteiger partial charge in [0, 0.05) is 36.9 Å². The summed E-state index contributed by atoms with van der Waals surface area (Å²) in [6.45, 7) is 0. The number of fused-ring (bicyclic) bond motifs is 13. The summed E-state index contributed by atoms with van der Waals surface area (Å²) >= 11 is 1.79. The van der Waals surface area contributed by atoms with Crippen molar-refractivity contribution < 1.29 is 0 Å². The molecule has 0 fully saturated rings. The summed E-state index contributed by atoms with van der Waals surface area (Å²) in [6.07, 6.45) is 0. The van der Waals surface area contributed by atoms with E-state index in [0.717, 1.165) is 22.3 Å². The Morgan fingerprint density at radius 3 is 1.50 bits per heavy atom. The van der Waals surface area contributed by atoms with Crippen molar-refractivity contribution in [1.29, 1.82) is 0 Å². The third-order valence-corrected chi connectivity index (χ3v) is 13.0. The molecular formula is C52H31N3S. The monoisotopic (exact) mass is 729 g/mol. The van der Waals surface area contributed by atoms with Crippen LogP contribution in [0.3, 0.4) is 0 Å².